The molecule has 0 aromatic heterocycles. The molecule has 0 saturated carbocycles. The molecular weight excluding hydrogens is 285 g/mol. The number of halogens is 1. The Morgan fingerprint density at radius 2 is 1.90 bits per heavy atom. The number of nitrogens with zero attached hydrogens (tertiary/aromatic N) is 1. The molecule has 0 unspecified atom stereocenters. The number of aryl methyl sites for hydroxylation is 2. The van der Waals surface area contributed by atoms with Crippen molar-refractivity contribution in [2.24, 2.45) is 0 Å². The number of carboxylic acid groups (broad SMARTS) is 1. The van der Waals surface area contributed by atoms with Gasteiger partial charge in [0.15, 0.2) is 0 Å². The fraction of sp³-hybridized carbons (Fsp3) is 0.462. The fourth-order valence-corrected chi connectivity index (χ4v) is 4.29. The molecule has 0 amide bonds. The zero-order chi connectivity index (χ0) is 15.1. The minimum Gasteiger partial charge on any atom is -0.480 e. The number of rotatable bonds is 3. The molecule has 1 fully saturated rings. The molecule has 0 radical (unpaired) electrons. The van der Waals surface area contributed by atoms with Gasteiger partial charge in [-0.25, -0.2) is 12.8 Å². The fourth-order valence-electron chi connectivity index (χ4n) is 2.47. The molecule has 1 aromatic carbocycles. The molecule has 7 heteroatoms. The molecule has 0 aliphatic carbocycles. The number of aliphatic carboxylic acids is 1. The van der Waals surface area contributed by atoms with Crippen LogP contribution < -0.4 is 0 Å². The highest BCUT2D eigenvalue weighted by Gasteiger charge is 2.39. The predicted molar refractivity (Wildman–Crippen MR) is 70.4 cm³/mol. The molecule has 1 aliphatic rings. The van der Waals surface area contributed by atoms with Crippen LogP contribution in [0.25, 0.3) is 0 Å². The minimum absolute atomic E-state index is 0.0537. The average molecular weight is 301 g/mol. The van der Waals surface area contributed by atoms with Crippen molar-refractivity contribution in [3.8, 4) is 0 Å². The molecule has 0 spiro atoms. The summed E-state index contributed by atoms with van der Waals surface area (Å²) in [6.07, 6.45) is 0.809. The topological polar surface area (TPSA) is 74.7 Å². The molecule has 0 bridgehead atoms. The zero-order valence-electron chi connectivity index (χ0n) is 11.3. The molecule has 5 nitrogen and oxygen atoms in total. The van der Waals surface area contributed by atoms with Crippen LogP contribution in [0.5, 0.6) is 0 Å². The van der Waals surface area contributed by atoms with Crippen LogP contribution in [0, 0.1) is 19.7 Å². The van der Waals surface area contributed by atoms with E-state index in [9.17, 15) is 17.6 Å². The van der Waals surface area contributed by atoms with E-state index in [1.807, 2.05) is 0 Å². The summed E-state index contributed by atoms with van der Waals surface area (Å²) >= 11 is 0. The van der Waals surface area contributed by atoms with Gasteiger partial charge in [-0.05, 0) is 49.9 Å². The summed E-state index contributed by atoms with van der Waals surface area (Å²) in [7, 11) is -3.91. The Hall–Kier alpha value is -1.47. The second-order valence-electron chi connectivity index (χ2n) is 4.98. The summed E-state index contributed by atoms with van der Waals surface area (Å²) in [4.78, 5) is 11.1. The Morgan fingerprint density at radius 1 is 1.35 bits per heavy atom. The Kier molecular flexibility index (Phi) is 3.84. The predicted octanol–water partition coefficient (Wildman–Crippen LogP) is 1.68. The van der Waals surface area contributed by atoms with Gasteiger partial charge in [-0.1, -0.05) is 0 Å². The number of hydrogen-bond donors (Lipinski definition) is 1. The van der Waals surface area contributed by atoms with E-state index in [1.54, 1.807) is 0 Å². The summed E-state index contributed by atoms with van der Waals surface area (Å²) < 4.78 is 39.6. The summed E-state index contributed by atoms with van der Waals surface area (Å²) in [6, 6.07) is 1.45. The average Bonchev–Trinajstić information content (AvgIpc) is 2.85. The molecular formula is C13H16FNO4S. The second-order valence-corrected chi connectivity index (χ2v) is 6.87. The number of hydrogen-bond acceptors (Lipinski definition) is 3. The first-order valence-electron chi connectivity index (χ1n) is 6.26. The molecule has 1 aromatic rings. The largest absolute Gasteiger partial charge is 0.480 e. The highest BCUT2D eigenvalue weighted by molar-refractivity contribution is 7.89. The van der Waals surface area contributed by atoms with Crippen molar-refractivity contribution in [2.45, 2.75) is 37.6 Å². The second kappa shape index (κ2) is 5.14. The lowest BCUT2D eigenvalue weighted by molar-refractivity contribution is -0.140. The van der Waals surface area contributed by atoms with Crippen LogP contribution in [0.1, 0.15) is 24.0 Å². The van der Waals surface area contributed by atoms with Gasteiger partial charge >= 0.3 is 5.97 Å². The highest BCUT2D eigenvalue weighted by Crippen LogP contribution is 2.28. The van der Waals surface area contributed by atoms with Crippen LogP contribution in [0.3, 0.4) is 0 Å². The van der Waals surface area contributed by atoms with Crippen molar-refractivity contribution in [1.82, 2.24) is 4.31 Å². The SMILES string of the molecule is Cc1cc(S(=O)(=O)N2CCC[C@@H]2C(=O)O)cc(C)c1F. The minimum atomic E-state index is -3.91. The van der Waals surface area contributed by atoms with E-state index < -0.39 is 27.9 Å². The molecule has 20 heavy (non-hydrogen) atoms. The third-order valence-electron chi connectivity index (χ3n) is 3.51. The summed E-state index contributed by atoms with van der Waals surface area (Å²) in [5.41, 5.74) is 0.462. The van der Waals surface area contributed by atoms with E-state index in [2.05, 4.69) is 0 Å². The Bertz CT molecular complexity index is 633. The number of benzene rings is 1. The Balaban J connectivity index is 2.48. The van der Waals surface area contributed by atoms with Crippen LogP contribution in [0.4, 0.5) is 4.39 Å². The first kappa shape index (κ1) is 14.9. The van der Waals surface area contributed by atoms with Crippen LogP contribution >= 0.6 is 0 Å². The van der Waals surface area contributed by atoms with Crippen molar-refractivity contribution < 1.29 is 22.7 Å². The van der Waals surface area contributed by atoms with Gasteiger partial charge in [0.2, 0.25) is 10.0 Å². The van der Waals surface area contributed by atoms with E-state index in [0.29, 0.717) is 12.8 Å². The van der Waals surface area contributed by atoms with E-state index in [0.717, 1.165) is 4.31 Å². The van der Waals surface area contributed by atoms with Crippen molar-refractivity contribution in [2.75, 3.05) is 6.54 Å². The number of carboxylic acids is 1. The highest BCUT2D eigenvalue weighted by atomic mass is 32.2. The molecule has 1 aliphatic heterocycles. The normalized spacial score (nSPS) is 20.2. The van der Waals surface area contributed by atoms with Gasteiger partial charge in [0.05, 0.1) is 4.90 Å². The van der Waals surface area contributed by atoms with Crippen molar-refractivity contribution in [3.63, 3.8) is 0 Å². The first-order chi connectivity index (χ1) is 9.25. The smallest absolute Gasteiger partial charge is 0.322 e. The van der Waals surface area contributed by atoms with E-state index in [1.165, 1.54) is 26.0 Å². The molecule has 2 rings (SSSR count). The van der Waals surface area contributed by atoms with Gasteiger partial charge in [-0.3, -0.25) is 4.79 Å². The van der Waals surface area contributed by atoms with Crippen LogP contribution in [0.15, 0.2) is 17.0 Å². The summed E-state index contributed by atoms with van der Waals surface area (Å²) in [5, 5.41) is 9.08. The third-order valence-corrected chi connectivity index (χ3v) is 5.39. The van der Waals surface area contributed by atoms with Gasteiger partial charge in [0.25, 0.3) is 0 Å². The van der Waals surface area contributed by atoms with Crippen LogP contribution in [0.2, 0.25) is 0 Å². The lowest BCUT2D eigenvalue weighted by Crippen LogP contribution is -2.40. The molecule has 1 N–H and O–H groups in total. The summed E-state index contributed by atoms with van der Waals surface area (Å²) in [5.74, 6) is -1.60. The molecule has 1 saturated heterocycles. The van der Waals surface area contributed by atoms with Crippen molar-refractivity contribution >= 4 is 16.0 Å². The van der Waals surface area contributed by atoms with Crippen LogP contribution in [-0.4, -0.2) is 36.4 Å². The zero-order valence-corrected chi connectivity index (χ0v) is 12.1. The van der Waals surface area contributed by atoms with E-state index in [4.69, 9.17) is 5.11 Å². The number of sulfonamides is 1. The van der Waals surface area contributed by atoms with Gasteiger partial charge in [-0.2, -0.15) is 4.31 Å². The molecule has 1 atom stereocenters. The van der Waals surface area contributed by atoms with Crippen LogP contribution in [-0.2, 0) is 14.8 Å². The molecule has 1 heterocycles. The standard InChI is InChI=1S/C13H16FNO4S/c1-8-6-10(7-9(2)12(8)14)20(18,19)15-5-3-4-11(15)13(16)17/h6-7,11H,3-5H2,1-2H3,(H,16,17)/t11-/m1/s1. The van der Waals surface area contributed by atoms with Gasteiger partial charge in [0, 0.05) is 6.54 Å². The number of carbonyl (C=O) groups is 1. The Morgan fingerprint density at radius 3 is 2.40 bits per heavy atom. The van der Waals surface area contributed by atoms with Gasteiger partial charge in [-0.15, -0.1) is 0 Å². The van der Waals surface area contributed by atoms with Crippen molar-refractivity contribution in [3.05, 3.63) is 29.1 Å². The monoisotopic (exact) mass is 301 g/mol. The lowest BCUT2D eigenvalue weighted by atomic mass is 10.1. The van der Waals surface area contributed by atoms with E-state index in [-0.39, 0.29) is 22.6 Å². The Labute approximate surface area is 117 Å². The maximum Gasteiger partial charge on any atom is 0.322 e. The van der Waals surface area contributed by atoms with Crippen molar-refractivity contribution in [1.29, 1.82) is 0 Å². The maximum absolute atomic E-state index is 13.6. The van der Waals surface area contributed by atoms with Gasteiger partial charge in [0.1, 0.15) is 11.9 Å². The third kappa shape index (κ3) is 2.43. The lowest BCUT2D eigenvalue weighted by Gasteiger charge is -2.21. The first-order valence-corrected chi connectivity index (χ1v) is 7.70. The quantitative estimate of drug-likeness (QED) is 0.921. The summed E-state index contributed by atoms with van der Waals surface area (Å²) in [6.45, 7) is 3.15. The molecule has 110 valence electrons. The maximum atomic E-state index is 13.6. The van der Waals surface area contributed by atoms with E-state index >= 15 is 0 Å². The van der Waals surface area contributed by atoms with Gasteiger partial charge < -0.3 is 5.11 Å².